The Morgan fingerprint density at radius 1 is 1.07 bits per heavy atom. The molecule has 2 aromatic carbocycles. The zero-order chi connectivity index (χ0) is 28.9. The lowest BCUT2D eigenvalue weighted by Crippen LogP contribution is -2.54. The molecule has 40 heavy (non-hydrogen) atoms. The Labute approximate surface area is 238 Å². The van der Waals surface area contributed by atoms with Crippen LogP contribution in [-0.2, 0) is 11.3 Å². The van der Waals surface area contributed by atoms with Gasteiger partial charge in [-0.15, -0.1) is 0 Å². The van der Waals surface area contributed by atoms with E-state index in [1.54, 1.807) is 11.0 Å². The van der Waals surface area contributed by atoms with E-state index in [1.807, 2.05) is 68.0 Å². The molecule has 2 aromatic rings. The van der Waals surface area contributed by atoms with Crippen LogP contribution in [0, 0.1) is 11.3 Å². The number of hydrogen-bond acceptors (Lipinski definition) is 6. The summed E-state index contributed by atoms with van der Waals surface area (Å²) in [4.78, 5) is 33.5. The highest BCUT2D eigenvalue weighted by Gasteiger charge is 2.31. The van der Waals surface area contributed by atoms with Crippen molar-refractivity contribution in [2.24, 2.45) is 0 Å². The lowest BCUT2D eigenvalue weighted by Gasteiger charge is -2.40. The van der Waals surface area contributed by atoms with Crippen molar-refractivity contribution in [2.75, 3.05) is 50.0 Å². The van der Waals surface area contributed by atoms with E-state index in [9.17, 15) is 9.59 Å². The van der Waals surface area contributed by atoms with Crippen molar-refractivity contribution in [2.45, 2.75) is 64.8 Å². The van der Waals surface area contributed by atoms with E-state index in [2.05, 4.69) is 35.3 Å². The van der Waals surface area contributed by atoms with Crippen molar-refractivity contribution < 1.29 is 14.3 Å². The topological polar surface area (TPSA) is 92.1 Å². The van der Waals surface area contributed by atoms with Crippen LogP contribution in [0.2, 0.25) is 0 Å². The van der Waals surface area contributed by atoms with E-state index in [-0.39, 0.29) is 24.2 Å². The zero-order valence-electron chi connectivity index (χ0n) is 24.4. The summed E-state index contributed by atoms with van der Waals surface area (Å²) in [5.41, 5.74) is 3.13. The lowest BCUT2D eigenvalue weighted by molar-refractivity contribution is 0.000555. The van der Waals surface area contributed by atoms with E-state index in [1.165, 1.54) is 5.56 Å². The molecule has 0 saturated carbocycles. The molecular weight excluding hydrogens is 504 g/mol. The van der Waals surface area contributed by atoms with Gasteiger partial charge in [-0.2, -0.15) is 5.26 Å². The second-order valence-corrected chi connectivity index (χ2v) is 11.9. The molecule has 0 spiro atoms. The van der Waals surface area contributed by atoms with Gasteiger partial charge in [-0.1, -0.05) is 18.2 Å². The average molecular weight is 547 g/mol. The summed E-state index contributed by atoms with van der Waals surface area (Å²) in [5, 5.41) is 12.6. The second-order valence-electron chi connectivity index (χ2n) is 11.9. The SMILES string of the molecule is C[C@H]1CN(Cc2ccc(N(C)C(=O)N3CCC(Nc4cccc(C#N)c4)CC3)cc2)CCN1C(=O)OC(C)(C)C. The maximum atomic E-state index is 13.2. The minimum atomic E-state index is -0.496. The van der Waals surface area contributed by atoms with Gasteiger partial charge in [-0.05, 0) is 76.4 Å². The molecular formula is C31H42N6O3. The highest BCUT2D eigenvalue weighted by molar-refractivity contribution is 5.91. The molecule has 0 aromatic heterocycles. The van der Waals surface area contributed by atoms with Crippen LogP contribution in [0.4, 0.5) is 21.0 Å². The van der Waals surface area contributed by atoms with Crippen molar-refractivity contribution >= 4 is 23.5 Å². The zero-order valence-corrected chi connectivity index (χ0v) is 24.4. The van der Waals surface area contributed by atoms with Crippen LogP contribution in [0.25, 0.3) is 0 Å². The first kappa shape index (κ1) is 29.2. The van der Waals surface area contributed by atoms with Gasteiger partial charge < -0.3 is 19.9 Å². The van der Waals surface area contributed by atoms with Gasteiger partial charge in [0.1, 0.15) is 5.60 Å². The molecule has 4 rings (SSSR count). The van der Waals surface area contributed by atoms with Gasteiger partial charge in [-0.25, -0.2) is 9.59 Å². The molecule has 0 aliphatic carbocycles. The number of benzene rings is 2. The fraction of sp³-hybridized carbons (Fsp3) is 0.516. The number of amides is 3. The number of nitrogens with one attached hydrogen (secondary N) is 1. The standard InChI is InChI=1S/C31H42N6O3/c1-23-21-35(17-18-37(23)30(39)40-31(2,3)4)22-24-9-11-28(12-10-24)34(5)29(38)36-15-13-26(14-16-36)33-27-8-6-7-25(19-27)20-32/h6-12,19,23,26,33H,13-18,21-22H2,1-5H3/t23-/m0/s1. The fourth-order valence-corrected chi connectivity index (χ4v) is 5.30. The summed E-state index contributed by atoms with van der Waals surface area (Å²) in [6.07, 6.45) is 1.46. The van der Waals surface area contributed by atoms with Gasteiger partial charge in [-0.3, -0.25) is 9.80 Å². The Morgan fingerprint density at radius 3 is 2.40 bits per heavy atom. The predicted octanol–water partition coefficient (Wildman–Crippen LogP) is 5.13. The van der Waals surface area contributed by atoms with Gasteiger partial charge >= 0.3 is 12.1 Å². The number of carbonyl (C=O) groups is 2. The molecule has 2 fully saturated rings. The first-order valence-electron chi connectivity index (χ1n) is 14.1. The maximum Gasteiger partial charge on any atom is 0.410 e. The van der Waals surface area contributed by atoms with E-state index in [0.717, 1.165) is 43.9 Å². The van der Waals surface area contributed by atoms with Crippen LogP contribution in [0.15, 0.2) is 48.5 Å². The highest BCUT2D eigenvalue weighted by atomic mass is 16.6. The Morgan fingerprint density at radius 2 is 1.77 bits per heavy atom. The minimum absolute atomic E-state index is 0.00441. The highest BCUT2D eigenvalue weighted by Crippen LogP contribution is 2.22. The molecule has 9 heteroatoms. The van der Waals surface area contributed by atoms with E-state index < -0.39 is 5.60 Å². The van der Waals surface area contributed by atoms with Crippen LogP contribution in [0.5, 0.6) is 0 Å². The fourth-order valence-electron chi connectivity index (χ4n) is 5.30. The molecule has 2 heterocycles. The molecule has 214 valence electrons. The minimum Gasteiger partial charge on any atom is -0.444 e. The summed E-state index contributed by atoms with van der Waals surface area (Å²) >= 11 is 0. The smallest absolute Gasteiger partial charge is 0.410 e. The molecule has 2 saturated heterocycles. The molecule has 1 atom stereocenters. The Kier molecular flexibility index (Phi) is 9.21. The normalized spacial score (nSPS) is 18.6. The van der Waals surface area contributed by atoms with Crippen LogP contribution in [0.1, 0.15) is 51.7 Å². The molecule has 0 radical (unpaired) electrons. The number of hydrogen-bond donors (Lipinski definition) is 1. The largest absolute Gasteiger partial charge is 0.444 e. The van der Waals surface area contributed by atoms with E-state index >= 15 is 0 Å². The quantitative estimate of drug-likeness (QED) is 0.559. The third-order valence-corrected chi connectivity index (χ3v) is 7.48. The first-order valence-corrected chi connectivity index (χ1v) is 14.1. The molecule has 0 unspecified atom stereocenters. The number of rotatable bonds is 5. The summed E-state index contributed by atoms with van der Waals surface area (Å²) < 4.78 is 5.56. The number of carbonyl (C=O) groups excluding carboxylic acids is 2. The van der Waals surface area contributed by atoms with Crippen molar-refractivity contribution in [1.82, 2.24) is 14.7 Å². The van der Waals surface area contributed by atoms with Gasteiger partial charge in [0.15, 0.2) is 0 Å². The van der Waals surface area contributed by atoms with Crippen molar-refractivity contribution in [3.05, 3.63) is 59.7 Å². The van der Waals surface area contributed by atoms with Crippen LogP contribution < -0.4 is 10.2 Å². The number of ether oxygens (including phenoxy) is 1. The number of likely N-dealkylation sites (tertiary alicyclic amines) is 1. The summed E-state index contributed by atoms with van der Waals surface area (Å²) in [6.45, 7) is 12.1. The number of urea groups is 1. The Balaban J connectivity index is 1.24. The van der Waals surface area contributed by atoms with E-state index in [4.69, 9.17) is 10.00 Å². The van der Waals surface area contributed by atoms with Gasteiger partial charge in [0.25, 0.3) is 0 Å². The second kappa shape index (κ2) is 12.6. The molecule has 2 aliphatic heterocycles. The Hall–Kier alpha value is -3.77. The lowest BCUT2D eigenvalue weighted by atomic mass is 10.0. The summed E-state index contributed by atoms with van der Waals surface area (Å²) in [6, 6.07) is 18.2. The maximum absolute atomic E-state index is 13.2. The Bertz CT molecular complexity index is 1210. The predicted molar refractivity (Wildman–Crippen MR) is 157 cm³/mol. The average Bonchev–Trinajstić information content (AvgIpc) is 2.92. The summed E-state index contributed by atoms with van der Waals surface area (Å²) in [5.74, 6) is 0. The third-order valence-electron chi connectivity index (χ3n) is 7.48. The van der Waals surface area contributed by atoms with Crippen molar-refractivity contribution in [3.63, 3.8) is 0 Å². The van der Waals surface area contributed by atoms with Gasteiger partial charge in [0, 0.05) is 69.8 Å². The van der Waals surface area contributed by atoms with Crippen molar-refractivity contribution in [1.29, 1.82) is 5.26 Å². The van der Waals surface area contributed by atoms with Gasteiger partial charge in [0.2, 0.25) is 0 Å². The van der Waals surface area contributed by atoms with E-state index in [0.29, 0.717) is 25.2 Å². The van der Waals surface area contributed by atoms with Crippen molar-refractivity contribution in [3.8, 4) is 6.07 Å². The van der Waals surface area contributed by atoms with Crippen LogP contribution in [-0.4, -0.2) is 84.3 Å². The molecule has 0 bridgehead atoms. The number of piperazine rings is 1. The molecule has 9 nitrogen and oxygen atoms in total. The summed E-state index contributed by atoms with van der Waals surface area (Å²) in [7, 11) is 1.83. The monoisotopic (exact) mass is 546 g/mol. The number of nitriles is 1. The molecule has 3 amide bonds. The van der Waals surface area contributed by atoms with Crippen LogP contribution in [0.3, 0.4) is 0 Å². The first-order chi connectivity index (χ1) is 19.0. The molecule has 1 N–H and O–H groups in total. The van der Waals surface area contributed by atoms with Crippen LogP contribution >= 0.6 is 0 Å². The number of anilines is 2. The van der Waals surface area contributed by atoms with Gasteiger partial charge in [0.05, 0.1) is 11.6 Å². The third kappa shape index (κ3) is 7.66. The number of piperidine rings is 1. The molecule has 2 aliphatic rings. The number of nitrogens with zero attached hydrogens (tertiary/aromatic N) is 5.